The van der Waals surface area contributed by atoms with Crippen molar-refractivity contribution in [3.05, 3.63) is 23.4 Å². The molecule has 9 nitrogen and oxygen atoms in total. The van der Waals surface area contributed by atoms with E-state index < -0.39 is 11.5 Å². The Morgan fingerprint density at radius 3 is 2.72 bits per heavy atom. The van der Waals surface area contributed by atoms with E-state index in [1.165, 1.54) is 0 Å². The van der Waals surface area contributed by atoms with Crippen LogP contribution in [0.5, 0.6) is 0 Å². The van der Waals surface area contributed by atoms with E-state index in [0.29, 0.717) is 50.9 Å². The standard InChI is InChI=1S/C18H25Cl2N5O4/c19-13-1-2-15(21-11-13)24-4-6-25(7-5-24)16(26)3-8-28-9-10-29-14-12-22-23-18(27)17(14)20/h1-2,11,14,17,22H,3-10,12H2,(H,23,27). The van der Waals surface area contributed by atoms with Crippen molar-refractivity contribution >= 4 is 40.8 Å². The number of hydrogen-bond donors (Lipinski definition) is 2. The van der Waals surface area contributed by atoms with Gasteiger partial charge in [-0.25, -0.2) is 10.4 Å². The van der Waals surface area contributed by atoms with Gasteiger partial charge in [-0.3, -0.25) is 15.0 Å². The molecule has 2 aliphatic rings. The number of hydrogen-bond acceptors (Lipinski definition) is 7. The minimum Gasteiger partial charge on any atom is -0.379 e. The number of alkyl halides is 1. The molecule has 11 heteroatoms. The van der Waals surface area contributed by atoms with Crippen LogP contribution in [0.15, 0.2) is 18.3 Å². The van der Waals surface area contributed by atoms with E-state index >= 15 is 0 Å². The van der Waals surface area contributed by atoms with Crippen LogP contribution in [0.1, 0.15) is 6.42 Å². The molecule has 0 saturated carbocycles. The van der Waals surface area contributed by atoms with E-state index in [4.69, 9.17) is 32.7 Å². The molecule has 0 bridgehead atoms. The molecule has 1 aromatic heterocycles. The Kier molecular flexibility index (Phi) is 8.31. The van der Waals surface area contributed by atoms with Crippen molar-refractivity contribution in [1.82, 2.24) is 20.7 Å². The predicted octanol–water partition coefficient (Wildman–Crippen LogP) is 0.417. The quantitative estimate of drug-likeness (QED) is 0.442. The highest BCUT2D eigenvalue weighted by atomic mass is 35.5. The molecule has 3 heterocycles. The lowest BCUT2D eigenvalue weighted by molar-refractivity contribution is -0.133. The average molecular weight is 446 g/mol. The smallest absolute Gasteiger partial charge is 0.254 e. The summed E-state index contributed by atoms with van der Waals surface area (Å²) in [6.45, 7) is 4.19. The second-order valence-corrected chi connectivity index (χ2v) is 7.65. The van der Waals surface area contributed by atoms with E-state index in [1.54, 1.807) is 6.20 Å². The fourth-order valence-electron chi connectivity index (χ4n) is 3.14. The monoisotopic (exact) mass is 445 g/mol. The summed E-state index contributed by atoms with van der Waals surface area (Å²) in [6, 6.07) is 3.70. The van der Waals surface area contributed by atoms with Crippen molar-refractivity contribution in [2.45, 2.75) is 17.9 Å². The van der Waals surface area contributed by atoms with Gasteiger partial charge >= 0.3 is 0 Å². The third-order valence-electron chi connectivity index (χ3n) is 4.78. The first kappa shape index (κ1) is 22.0. The van der Waals surface area contributed by atoms with Crippen LogP contribution in [0.3, 0.4) is 0 Å². The summed E-state index contributed by atoms with van der Waals surface area (Å²) in [5.41, 5.74) is 5.17. The van der Waals surface area contributed by atoms with Crippen molar-refractivity contribution in [3.8, 4) is 0 Å². The Morgan fingerprint density at radius 2 is 2.00 bits per heavy atom. The molecular weight excluding hydrogens is 421 g/mol. The third kappa shape index (κ3) is 6.42. The van der Waals surface area contributed by atoms with E-state index in [2.05, 4.69) is 20.7 Å². The number of amides is 2. The summed E-state index contributed by atoms with van der Waals surface area (Å²) in [5.74, 6) is 0.639. The first-order valence-electron chi connectivity index (χ1n) is 9.55. The number of halogens is 2. The number of pyridine rings is 1. The largest absolute Gasteiger partial charge is 0.379 e. The van der Waals surface area contributed by atoms with Crippen molar-refractivity contribution < 1.29 is 19.1 Å². The van der Waals surface area contributed by atoms with Gasteiger partial charge < -0.3 is 19.3 Å². The molecule has 29 heavy (non-hydrogen) atoms. The van der Waals surface area contributed by atoms with Crippen LogP contribution in [0.4, 0.5) is 5.82 Å². The molecule has 0 spiro atoms. The summed E-state index contributed by atoms with van der Waals surface area (Å²) in [5, 5.41) is -0.115. The van der Waals surface area contributed by atoms with Crippen LogP contribution in [0.25, 0.3) is 0 Å². The van der Waals surface area contributed by atoms with Gasteiger partial charge in [-0.15, -0.1) is 11.6 Å². The number of piperazine rings is 1. The summed E-state index contributed by atoms with van der Waals surface area (Å²) >= 11 is 11.8. The Balaban J connectivity index is 1.27. The van der Waals surface area contributed by atoms with Crippen LogP contribution in [-0.4, -0.2) is 85.7 Å². The molecule has 2 fully saturated rings. The predicted molar refractivity (Wildman–Crippen MR) is 109 cm³/mol. The SMILES string of the molecule is O=C1NNCC(OCCOCCC(=O)N2CCN(c3ccc(Cl)cn3)CC2)C1Cl. The van der Waals surface area contributed by atoms with Gasteiger partial charge in [0.25, 0.3) is 5.91 Å². The molecule has 2 atom stereocenters. The minimum atomic E-state index is -0.723. The molecule has 160 valence electrons. The second kappa shape index (κ2) is 10.9. The highest BCUT2D eigenvalue weighted by Gasteiger charge is 2.30. The first-order chi connectivity index (χ1) is 14.0. The zero-order valence-corrected chi connectivity index (χ0v) is 17.5. The molecule has 2 amide bonds. The number of carbonyl (C=O) groups is 2. The maximum Gasteiger partial charge on any atom is 0.254 e. The normalized spacial score (nSPS) is 22.5. The Labute approximate surface area is 179 Å². The van der Waals surface area contributed by atoms with Gasteiger partial charge in [-0.2, -0.15) is 0 Å². The second-order valence-electron chi connectivity index (χ2n) is 6.75. The summed E-state index contributed by atoms with van der Waals surface area (Å²) in [4.78, 5) is 32.0. The first-order valence-corrected chi connectivity index (χ1v) is 10.4. The lowest BCUT2D eigenvalue weighted by atomic mass is 10.2. The fraction of sp³-hybridized carbons (Fsp3) is 0.611. The van der Waals surface area contributed by atoms with Crippen molar-refractivity contribution in [2.24, 2.45) is 0 Å². The fourth-order valence-corrected chi connectivity index (χ4v) is 3.47. The van der Waals surface area contributed by atoms with Gasteiger partial charge in [-0.1, -0.05) is 11.6 Å². The number of rotatable bonds is 8. The number of nitrogens with one attached hydrogen (secondary N) is 2. The van der Waals surface area contributed by atoms with Gasteiger partial charge in [0.1, 0.15) is 11.2 Å². The molecule has 2 N–H and O–H groups in total. The minimum absolute atomic E-state index is 0.0728. The maximum absolute atomic E-state index is 12.3. The lowest BCUT2D eigenvalue weighted by Gasteiger charge is -2.35. The summed E-state index contributed by atoms with van der Waals surface area (Å²) in [7, 11) is 0. The van der Waals surface area contributed by atoms with Gasteiger partial charge in [0.05, 0.1) is 37.4 Å². The number of aromatic nitrogens is 1. The highest BCUT2D eigenvalue weighted by Crippen LogP contribution is 2.16. The van der Waals surface area contributed by atoms with Crippen LogP contribution >= 0.6 is 23.2 Å². The van der Waals surface area contributed by atoms with Crippen molar-refractivity contribution in [2.75, 3.05) is 57.4 Å². The molecule has 3 rings (SSSR count). The third-order valence-corrected chi connectivity index (χ3v) is 5.48. The van der Waals surface area contributed by atoms with E-state index in [0.717, 1.165) is 18.9 Å². The molecule has 2 unspecified atom stereocenters. The zero-order valence-electron chi connectivity index (χ0n) is 16.0. The van der Waals surface area contributed by atoms with E-state index in [-0.39, 0.29) is 11.8 Å². The van der Waals surface area contributed by atoms with Crippen LogP contribution < -0.4 is 15.8 Å². The Morgan fingerprint density at radius 1 is 1.21 bits per heavy atom. The summed E-state index contributed by atoms with van der Waals surface area (Å²) in [6.07, 6.45) is 1.55. The molecule has 2 aliphatic heterocycles. The zero-order chi connectivity index (χ0) is 20.6. The van der Waals surface area contributed by atoms with Crippen molar-refractivity contribution in [1.29, 1.82) is 0 Å². The van der Waals surface area contributed by atoms with Gasteiger partial charge in [0, 0.05) is 38.9 Å². The van der Waals surface area contributed by atoms with Gasteiger partial charge in [-0.05, 0) is 12.1 Å². The van der Waals surface area contributed by atoms with E-state index in [1.807, 2.05) is 17.0 Å². The molecular formula is C18H25Cl2N5O4. The number of hydrazine groups is 1. The number of nitrogens with zero attached hydrogens (tertiary/aromatic N) is 3. The molecule has 0 radical (unpaired) electrons. The van der Waals surface area contributed by atoms with E-state index in [9.17, 15) is 9.59 Å². The average Bonchev–Trinajstić information content (AvgIpc) is 2.74. The van der Waals surface area contributed by atoms with Gasteiger partial charge in [0.2, 0.25) is 5.91 Å². The Hall–Kier alpha value is -1.65. The maximum atomic E-state index is 12.3. The van der Waals surface area contributed by atoms with Crippen LogP contribution in [-0.2, 0) is 19.1 Å². The number of anilines is 1. The molecule has 2 saturated heterocycles. The molecule has 0 aliphatic carbocycles. The Bertz CT molecular complexity index is 685. The van der Waals surface area contributed by atoms with Crippen LogP contribution in [0.2, 0.25) is 5.02 Å². The lowest BCUT2D eigenvalue weighted by Crippen LogP contribution is -2.57. The number of ether oxygens (including phenoxy) is 2. The molecule has 0 aromatic carbocycles. The molecule has 1 aromatic rings. The van der Waals surface area contributed by atoms with Gasteiger partial charge in [0.15, 0.2) is 0 Å². The topological polar surface area (TPSA) is 96.0 Å². The van der Waals surface area contributed by atoms with Crippen LogP contribution in [0, 0.1) is 0 Å². The number of carbonyl (C=O) groups excluding carboxylic acids is 2. The highest BCUT2D eigenvalue weighted by molar-refractivity contribution is 6.31. The summed E-state index contributed by atoms with van der Waals surface area (Å²) < 4.78 is 11.0. The van der Waals surface area contributed by atoms with Crippen molar-refractivity contribution in [3.63, 3.8) is 0 Å².